The fourth-order valence-corrected chi connectivity index (χ4v) is 3.55. The molecule has 1 atom stereocenters. The highest BCUT2D eigenvalue weighted by Crippen LogP contribution is 2.29. The quantitative estimate of drug-likeness (QED) is 0.866. The maximum Gasteiger partial charge on any atom is 0.325 e. The van der Waals surface area contributed by atoms with Crippen molar-refractivity contribution >= 4 is 23.3 Å². The highest BCUT2D eigenvalue weighted by Gasteiger charge is 2.48. The molecule has 24 heavy (non-hydrogen) atoms. The Morgan fingerprint density at radius 3 is 2.88 bits per heavy atom. The van der Waals surface area contributed by atoms with Crippen molar-refractivity contribution in [2.24, 2.45) is 0 Å². The smallest absolute Gasteiger partial charge is 0.319 e. The van der Waals surface area contributed by atoms with Gasteiger partial charge < -0.3 is 5.32 Å². The minimum absolute atomic E-state index is 0.301. The number of nitrogens with zero attached hydrogens (tertiary/aromatic N) is 3. The minimum atomic E-state index is -1.15. The normalized spacial score (nSPS) is 20.1. The largest absolute Gasteiger partial charge is 0.325 e. The van der Waals surface area contributed by atoms with Gasteiger partial charge in [0.2, 0.25) is 0 Å². The number of aryl methyl sites for hydroxylation is 1. The number of benzene rings is 1. The molecule has 1 aliphatic heterocycles. The van der Waals surface area contributed by atoms with Crippen LogP contribution in [0.15, 0.2) is 29.8 Å². The van der Waals surface area contributed by atoms with Gasteiger partial charge in [-0.2, -0.15) is 5.26 Å². The van der Waals surface area contributed by atoms with E-state index in [4.69, 9.17) is 5.26 Å². The van der Waals surface area contributed by atoms with Crippen molar-refractivity contribution in [1.82, 2.24) is 15.2 Å². The van der Waals surface area contributed by atoms with Crippen LogP contribution >= 0.6 is 11.3 Å². The molecule has 0 radical (unpaired) electrons. The highest BCUT2D eigenvalue weighted by molar-refractivity contribution is 7.09. The summed E-state index contributed by atoms with van der Waals surface area (Å²) in [5.41, 5.74) is 2.60. The fraction of sp³-hybridized carbons (Fsp3) is 0.294. The Morgan fingerprint density at radius 2 is 2.21 bits per heavy atom. The number of carbonyl (C=O) groups is 2. The van der Waals surface area contributed by atoms with Crippen molar-refractivity contribution in [3.05, 3.63) is 51.5 Å². The van der Waals surface area contributed by atoms with E-state index in [0.29, 0.717) is 24.1 Å². The average Bonchev–Trinajstić information content (AvgIpc) is 3.08. The number of aromatic nitrogens is 1. The second-order valence-electron chi connectivity index (χ2n) is 5.82. The van der Waals surface area contributed by atoms with E-state index in [1.54, 1.807) is 36.7 Å². The predicted molar refractivity (Wildman–Crippen MR) is 89.3 cm³/mol. The summed E-state index contributed by atoms with van der Waals surface area (Å²) in [6, 6.07) is 8.40. The zero-order valence-electron chi connectivity index (χ0n) is 13.4. The Hall–Kier alpha value is -2.72. The van der Waals surface area contributed by atoms with Gasteiger partial charge in [-0.1, -0.05) is 12.1 Å². The van der Waals surface area contributed by atoms with E-state index in [1.165, 1.54) is 16.2 Å². The van der Waals surface area contributed by atoms with Crippen molar-refractivity contribution in [3.63, 3.8) is 0 Å². The summed E-state index contributed by atoms with van der Waals surface area (Å²) < 4.78 is 0. The minimum Gasteiger partial charge on any atom is -0.319 e. The van der Waals surface area contributed by atoms with Crippen LogP contribution < -0.4 is 5.32 Å². The molecule has 0 saturated carbocycles. The molecule has 1 saturated heterocycles. The number of imide groups is 1. The number of thiazole rings is 1. The van der Waals surface area contributed by atoms with Gasteiger partial charge in [-0.3, -0.25) is 9.69 Å². The lowest BCUT2D eigenvalue weighted by molar-refractivity contribution is -0.131. The first-order valence-electron chi connectivity index (χ1n) is 7.49. The zero-order valence-corrected chi connectivity index (χ0v) is 14.2. The summed E-state index contributed by atoms with van der Waals surface area (Å²) in [5, 5.41) is 11.8. The molecule has 1 aromatic heterocycles. The van der Waals surface area contributed by atoms with Gasteiger partial charge >= 0.3 is 6.03 Å². The van der Waals surface area contributed by atoms with Crippen molar-refractivity contribution < 1.29 is 9.59 Å². The summed E-state index contributed by atoms with van der Waals surface area (Å²) in [6.45, 7) is 3.89. The lowest BCUT2D eigenvalue weighted by Gasteiger charge is -2.22. The van der Waals surface area contributed by atoms with Gasteiger partial charge in [0, 0.05) is 17.8 Å². The predicted octanol–water partition coefficient (Wildman–Crippen LogP) is 2.33. The molecule has 0 spiro atoms. The summed E-state index contributed by atoms with van der Waals surface area (Å²) in [5.74, 6) is -0.301. The number of nitrogens with one attached hydrogen (secondary N) is 1. The number of nitriles is 1. The van der Waals surface area contributed by atoms with E-state index >= 15 is 0 Å². The molecular weight excluding hydrogens is 324 g/mol. The van der Waals surface area contributed by atoms with Crippen LogP contribution in [0.4, 0.5) is 4.79 Å². The van der Waals surface area contributed by atoms with Crippen LogP contribution in [0.3, 0.4) is 0 Å². The zero-order chi connectivity index (χ0) is 17.3. The van der Waals surface area contributed by atoms with Crippen LogP contribution in [0.25, 0.3) is 0 Å². The molecule has 0 unspecified atom stereocenters. The third kappa shape index (κ3) is 2.65. The van der Waals surface area contributed by atoms with E-state index < -0.39 is 11.6 Å². The van der Waals surface area contributed by atoms with Crippen molar-refractivity contribution in [1.29, 1.82) is 5.26 Å². The Balaban J connectivity index is 1.82. The number of amides is 3. The van der Waals surface area contributed by atoms with Gasteiger partial charge in [0.15, 0.2) is 0 Å². The lowest BCUT2D eigenvalue weighted by Crippen LogP contribution is -2.41. The Kier molecular flexibility index (Phi) is 4.08. The Bertz CT molecular complexity index is 854. The Labute approximate surface area is 143 Å². The van der Waals surface area contributed by atoms with E-state index in [1.807, 2.05) is 6.92 Å². The number of urea groups is 1. The van der Waals surface area contributed by atoms with Crippen molar-refractivity contribution in [3.8, 4) is 6.07 Å². The van der Waals surface area contributed by atoms with Gasteiger partial charge in [-0.25, -0.2) is 9.78 Å². The van der Waals surface area contributed by atoms with Crippen LogP contribution in [0.2, 0.25) is 0 Å². The molecule has 6 nitrogen and oxygen atoms in total. The number of hydrogen-bond acceptors (Lipinski definition) is 5. The molecule has 0 aliphatic carbocycles. The fourth-order valence-electron chi connectivity index (χ4n) is 2.77. The summed E-state index contributed by atoms with van der Waals surface area (Å²) in [4.78, 5) is 31.6. The van der Waals surface area contributed by atoms with Crippen LogP contribution in [0.1, 0.15) is 28.6 Å². The monoisotopic (exact) mass is 340 g/mol. The van der Waals surface area contributed by atoms with E-state index in [2.05, 4.69) is 16.4 Å². The topological polar surface area (TPSA) is 86.1 Å². The number of rotatable bonds is 4. The molecule has 1 aliphatic rings. The molecule has 2 heterocycles. The number of hydrogen-bond donors (Lipinski definition) is 1. The first-order chi connectivity index (χ1) is 11.5. The summed E-state index contributed by atoms with van der Waals surface area (Å²) in [6.07, 6.45) is 0.587. The molecule has 0 bridgehead atoms. The van der Waals surface area contributed by atoms with Crippen LogP contribution in [0, 0.1) is 18.3 Å². The van der Waals surface area contributed by atoms with Gasteiger partial charge in [-0.15, -0.1) is 11.3 Å². The van der Waals surface area contributed by atoms with Gasteiger partial charge in [0.1, 0.15) is 5.54 Å². The molecular formula is C17H16N4O2S. The van der Waals surface area contributed by atoms with Crippen molar-refractivity contribution in [2.75, 3.05) is 6.54 Å². The van der Waals surface area contributed by atoms with E-state index in [0.717, 1.165) is 10.6 Å². The van der Waals surface area contributed by atoms with E-state index in [9.17, 15) is 9.59 Å². The standard InChI is InChI=1S/C17H16N4O2S/c1-11-14(24-10-19-11)6-7-21-15(22)17(2,20-16(21)23)13-5-3-4-12(8-13)9-18/h3-5,8,10H,6-7H2,1-2H3,(H,20,23)/t17-/m1/s1. The molecule has 3 rings (SSSR count). The molecule has 1 fully saturated rings. The highest BCUT2D eigenvalue weighted by atomic mass is 32.1. The van der Waals surface area contributed by atoms with Gasteiger partial charge in [0.25, 0.3) is 5.91 Å². The summed E-state index contributed by atoms with van der Waals surface area (Å²) in [7, 11) is 0. The van der Waals surface area contributed by atoms with Crippen LogP contribution in [-0.2, 0) is 16.8 Å². The maximum absolute atomic E-state index is 12.8. The molecule has 122 valence electrons. The third-order valence-corrected chi connectivity index (χ3v) is 5.25. The molecule has 7 heteroatoms. The summed E-state index contributed by atoms with van der Waals surface area (Å²) >= 11 is 1.52. The Morgan fingerprint density at radius 1 is 1.42 bits per heavy atom. The maximum atomic E-state index is 12.8. The molecule has 1 N–H and O–H groups in total. The first kappa shape index (κ1) is 16.1. The molecule has 2 aromatic rings. The average molecular weight is 340 g/mol. The van der Waals surface area contributed by atoms with Gasteiger partial charge in [0.05, 0.1) is 22.8 Å². The lowest BCUT2D eigenvalue weighted by atomic mass is 9.91. The second kappa shape index (κ2) is 6.06. The van der Waals surface area contributed by atoms with Crippen LogP contribution in [0.5, 0.6) is 0 Å². The SMILES string of the molecule is Cc1ncsc1CCN1C(=O)N[C@](C)(c2cccc(C#N)c2)C1=O. The van der Waals surface area contributed by atoms with Crippen molar-refractivity contribution in [2.45, 2.75) is 25.8 Å². The molecule has 3 amide bonds. The first-order valence-corrected chi connectivity index (χ1v) is 8.37. The van der Waals surface area contributed by atoms with Crippen LogP contribution in [-0.4, -0.2) is 28.4 Å². The van der Waals surface area contributed by atoms with Gasteiger partial charge in [-0.05, 0) is 31.5 Å². The third-order valence-electron chi connectivity index (χ3n) is 4.25. The second-order valence-corrected chi connectivity index (χ2v) is 6.75. The number of carbonyl (C=O) groups excluding carboxylic acids is 2. The molecule has 1 aromatic carbocycles. The van der Waals surface area contributed by atoms with E-state index in [-0.39, 0.29) is 5.91 Å².